The lowest BCUT2D eigenvalue weighted by atomic mass is 10.0. The smallest absolute Gasteiger partial charge is 0.104 e. The molecule has 1 heteroatoms. The lowest BCUT2D eigenvalue weighted by Crippen LogP contribution is -2.49. The van der Waals surface area contributed by atoms with Gasteiger partial charge in [0.05, 0.1) is 19.6 Å². The highest BCUT2D eigenvalue weighted by Crippen LogP contribution is 2.23. The zero-order valence-electron chi connectivity index (χ0n) is 44.9. The molecule has 0 aromatic heterocycles. The molecule has 378 valence electrons. The summed E-state index contributed by atoms with van der Waals surface area (Å²) in [4.78, 5) is 0. The van der Waals surface area contributed by atoms with Gasteiger partial charge in [-0.2, -0.15) is 0 Å². The molecule has 0 saturated heterocycles. The second kappa shape index (κ2) is 51.8. The van der Waals surface area contributed by atoms with E-state index < -0.39 is 0 Å². The third-order valence-corrected chi connectivity index (χ3v) is 14.5. The molecule has 0 bridgehead atoms. The summed E-state index contributed by atoms with van der Waals surface area (Å²) >= 11 is 0. The van der Waals surface area contributed by atoms with Crippen LogP contribution in [0.4, 0.5) is 0 Å². The SMILES string of the molecule is CCCCCCCC/C=C/CCCCCCCCC[N+](CCCCCCCCC/C=C/CCCCCCCC)(CCCCCCCCC/C=C/CCCCCCCC)Cc1ccccc1. The van der Waals surface area contributed by atoms with Crippen molar-refractivity contribution in [1.82, 2.24) is 0 Å². The molecule has 0 heterocycles. The molecule has 65 heavy (non-hydrogen) atoms. The summed E-state index contributed by atoms with van der Waals surface area (Å²) in [6.07, 6.45) is 77.8. The largest absolute Gasteiger partial charge is 0.320 e. The Morgan fingerprint density at radius 2 is 0.477 bits per heavy atom. The van der Waals surface area contributed by atoms with Crippen LogP contribution in [0, 0.1) is 0 Å². The van der Waals surface area contributed by atoms with Crippen molar-refractivity contribution in [2.45, 2.75) is 316 Å². The summed E-state index contributed by atoms with van der Waals surface area (Å²) in [6, 6.07) is 11.6. The van der Waals surface area contributed by atoms with Crippen molar-refractivity contribution >= 4 is 0 Å². The average Bonchev–Trinajstić information content (AvgIpc) is 3.32. The predicted molar refractivity (Wildman–Crippen MR) is 297 cm³/mol. The number of hydrogen-bond acceptors (Lipinski definition) is 0. The number of unbranched alkanes of at least 4 members (excludes halogenated alkanes) is 39. The zero-order chi connectivity index (χ0) is 46.5. The first-order valence-corrected chi connectivity index (χ1v) is 30.1. The highest BCUT2D eigenvalue weighted by atomic mass is 15.3. The second-order valence-electron chi connectivity index (χ2n) is 21.0. The minimum absolute atomic E-state index is 1.24. The molecule has 0 radical (unpaired) electrons. The third kappa shape index (κ3) is 44.7. The van der Waals surface area contributed by atoms with Gasteiger partial charge >= 0.3 is 0 Å². The molecule has 1 rings (SSSR count). The van der Waals surface area contributed by atoms with Gasteiger partial charge in [-0.3, -0.25) is 0 Å². The van der Waals surface area contributed by atoms with Gasteiger partial charge < -0.3 is 4.48 Å². The molecule has 0 fully saturated rings. The number of nitrogens with zero attached hydrogens (tertiary/aromatic N) is 1. The van der Waals surface area contributed by atoms with E-state index >= 15 is 0 Å². The maximum atomic E-state index is 2.48. The molecule has 0 saturated carbocycles. The molecule has 1 aromatic rings. The first kappa shape index (κ1) is 61.4. The van der Waals surface area contributed by atoms with Crippen molar-refractivity contribution in [3.63, 3.8) is 0 Å². The van der Waals surface area contributed by atoms with E-state index in [-0.39, 0.29) is 0 Å². The van der Waals surface area contributed by atoms with E-state index in [1.165, 1.54) is 320 Å². The Morgan fingerprint density at radius 1 is 0.262 bits per heavy atom. The van der Waals surface area contributed by atoms with Crippen molar-refractivity contribution in [1.29, 1.82) is 0 Å². The van der Waals surface area contributed by atoms with Crippen LogP contribution in [0.5, 0.6) is 0 Å². The molecule has 0 spiro atoms. The number of rotatable bonds is 53. The van der Waals surface area contributed by atoms with Gasteiger partial charge in [-0.15, -0.1) is 0 Å². The normalized spacial score (nSPS) is 12.3. The summed E-state index contributed by atoms with van der Waals surface area (Å²) in [5.41, 5.74) is 1.57. The molecular formula is C64H118N+. The first-order valence-electron chi connectivity index (χ1n) is 30.1. The van der Waals surface area contributed by atoms with Crippen LogP contribution in [0.3, 0.4) is 0 Å². The highest BCUT2D eigenvalue weighted by molar-refractivity contribution is 5.13. The topological polar surface area (TPSA) is 0 Å². The Kier molecular flexibility index (Phi) is 48.9. The maximum Gasteiger partial charge on any atom is 0.104 e. The first-order chi connectivity index (χ1) is 32.3. The van der Waals surface area contributed by atoms with Crippen LogP contribution in [0.2, 0.25) is 0 Å². The van der Waals surface area contributed by atoms with Gasteiger partial charge in [0.25, 0.3) is 0 Å². The number of quaternary nitrogens is 1. The fourth-order valence-electron chi connectivity index (χ4n) is 10.2. The summed E-state index contributed by atoms with van der Waals surface area (Å²) in [5.74, 6) is 0. The summed E-state index contributed by atoms with van der Waals surface area (Å²) in [5, 5.41) is 0. The molecule has 0 aliphatic heterocycles. The van der Waals surface area contributed by atoms with E-state index in [2.05, 4.69) is 87.6 Å². The van der Waals surface area contributed by atoms with E-state index in [0.717, 1.165) is 0 Å². The van der Waals surface area contributed by atoms with Crippen LogP contribution in [-0.4, -0.2) is 24.1 Å². The predicted octanol–water partition coefficient (Wildman–Crippen LogP) is 22.3. The minimum Gasteiger partial charge on any atom is -0.320 e. The van der Waals surface area contributed by atoms with E-state index in [9.17, 15) is 0 Å². The van der Waals surface area contributed by atoms with Gasteiger partial charge in [-0.1, -0.05) is 261 Å². The fraction of sp³-hybridized carbons (Fsp3) is 0.812. The van der Waals surface area contributed by atoms with Crippen molar-refractivity contribution in [3.8, 4) is 0 Å². The number of benzene rings is 1. The van der Waals surface area contributed by atoms with Crippen molar-refractivity contribution < 1.29 is 4.48 Å². The molecule has 0 aliphatic rings. The van der Waals surface area contributed by atoms with Gasteiger partial charge in [-0.05, 0) is 116 Å². The van der Waals surface area contributed by atoms with Crippen molar-refractivity contribution in [2.75, 3.05) is 19.6 Å². The third-order valence-electron chi connectivity index (χ3n) is 14.5. The molecule has 0 atom stereocenters. The highest BCUT2D eigenvalue weighted by Gasteiger charge is 2.26. The monoisotopic (exact) mass is 901 g/mol. The Labute approximate surface area is 410 Å². The average molecular weight is 902 g/mol. The molecule has 0 unspecified atom stereocenters. The van der Waals surface area contributed by atoms with Crippen LogP contribution >= 0.6 is 0 Å². The Hall–Kier alpha value is -1.60. The Balaban J connectivity index is 2.49. The molecular weight excluding hydrogens is 783 g/mol. The van der Waals surface area contributed by atoms with Gasteiger partial charge in [-0.25, -0.2) is 0 Å². The van der Waals surface area contributed by atoms with Crippen LogP contribution in [0.25, 0.3) is 0 Å². The lowest BCUT2D eigenvalue weighted by molar-refractivity contribution is -0.941. The molecule has 0 N–H and O–H groups in total. The van der Waals surface area contributed by atoms with Gasteiger partial charge in [0, 0.05) is 5.56 Å². The quantitative estimate of drug-likeness (QED) is 0.0347. The molecule has 1 nitrogen and oxygen atoms in total. The molecule has 0 amide bonds. The van der Waals surface area contributed by atoms with Crippen LogP contribution in [-0.2, 0) is 6.54 Å². The molecule has 0 aliphatic carbocycles. The Bertz CT molecular complexity index is 1010. The van der Waals surface area contributed by atoms with E-state index in [0.29, 0.717) is 0 Å². The van der Waals surface area contributed by atoms with E-state index in [1.807, 2.05) is 0 Å². The minimum atomic E-state index is 1.24. The van der Waals surface area contributed by atoms with E-state index in [1.54, 1.807) is 5.56 Å². The fourth-order valence-corrected chi connectivity index (χ4v) is 10.2. The van der Waals surface area contributed by atoms with Crippen LogP contribution in [0.15, 0.2) is 66.8 Å². The number of allylic oxidation sites excluding steroid dienone is 6. The Morgan fingerprint density at radius 3 is 0.723 bits per heavy atom. The van der Waals surface area contributed by atoms with Gasteiger partial charge in [0.1, 0.15) is 6.54 Å². The van der Waals surface area contributed by atoms with Crippen molar-refractivity contribution in [2.24, 2.45) is 0 Å². The summed E-state index contributed by atoms with van der Waals surface area (Å²) in [7, 11) is 0. The van der Waals surface area contributed by atoms with Crippen LogP contribution in [0.1, 0.15) is 315 Å². The maximum absolute atomic E-state index is 2.48. The lowest BCUT2D eigenvalue weighted by Gasteiger charge is -2.39. The van der Waals surface area contributed by atoms with Crippen LogP contribution < -0.4 is 0 Å². The van der Waals surface area contributed by atoms with Crippen molar-refractivity contribution in [3.05, 3.63) is 72.4 Å². The number of hydrogen-bond donors (Lipinski definition) is 0. The summed E-state index contributed by atoms with van der Waals surface area (Å²) < 4.78 is 1.34. The molecule has 1 aromatic carbocycles. The second-order valence-corrected chi connectivity index (χ2v) is 21.0. The standard InChI is InChI=1S/C64H118N/c1-4-7-10-13-16-19-22-25-28-31-34-37-40-43-46-49-55-60-65(63-64-58-53-52-54-59-64,61-56-50-47-44-41-38-35-32-29-26-23-20-17-14-11-8-5-2)62-57-51-48-45-42-39-36-33-30-27-24-21-18-15-12-9-6-3/h25-30,52-54,58-59H,4-24,31-51,55-57,60-63H2,1-3H3/q+1/b28-25+,29-26+,30-27+. The summed E-state index contributed by atoms with van der Waals surface area (Å²) in [6.45, 7) is 12.3. The van der Waals surface area contributed by atoms with E-state index in [4.69, 9.17) is 0 Å². The van der Waals surface area contributed by atoms with Gasteiger partial charge in [0.15, 0.2) is 0 Å². The zero-order valence-corrected chi connectivity index (χ0v) is 44.9. The van der Waals surface area contributed by atoms with Gasteiger partial charge in [0.2, 0.25) is 0 Å².